The molecule has 1 aliphatic heterocycles. The molecule has 0 radical (unpaired) electrons. The van der Waals surface area contributed by atoms with E-state index < -0.39 is 9.84 Å². The topological polar surface area (TPSA) is 79.8 Å². The minimum absolute atomic E-state index is 0.175. The maximum Gasteiger partial charge on any atom is 0.261 e. The van der Waals surface area contributed by atoms with Crippen molar-refractivity contribution in [3.63, 3.8) is 0 Å². The van der Waals surface area contributed by atoms with Gasteiger partial charge in [0.25, 0.3) is 5.91 Å². The van der Waals surface area contributed by atoms with Crippen molar-refractivity contribution in [2.45, 2.75) is 4.90 Å². The number of halogens is 1. The van der Waals surface area contributed by atoms with E-state index in [4.69, 9.17) is 4.74 Å². The molecule has 7 nitrogen and oxygen atoms in total. The molecule has 164 valence electrons. The zero-order valence-electron chi connectivity index (χ0n) is 17.0. The number of nitrogens with zero attached hydrogens (tertiary/aromatic N) is 3. The third-order valence-corrected chi connectivity index (χ3v) is 7.96. The zero-order valence-corrected chi connectivity index (χ0v) is 20.2. The number of anilines is 1. The number of morpholine rings is 1. The van der Waals surface area contributed by atoms with Crippen molar-refractivity contribution in [3.05, 3.63) is 52.5 Å². The molecule has 0 unspecified atom stereocenters. The van der Waals surface area contributed by atoms with Gasteiger partial charge in [-0.1, -0.05) is 29.5 Å². The smallest absolute Gasteiger partial charge is 0.261 e. The maximum absolute atomic E-state index is 13.5. The number of rotatable bonds is 6. The fourth-order valence-electron chi connectivity index (χ4n) is 3.46. The van der Waals surface area contributed by atoms with Crippen LogP contribution in [0.15, 0.2) is 51.8 Å². The number of para-hydroxylation sites is 1. The molecule has 2 aromatic carbocycles. The average Bonchev–Trinajstić information content (AvgIpc) is 3.18. The van der Waals surface area contributed by atoms with E-state index in [1.807, 2.05) is 24.3 Å². The first-order valence-corrected chi connectivity index (χ1v) is 13.3. The fourth-order valence-corrected chi connectivity index (χ4v) is 5.82. The third kappa shape index (κ3) is 4.98. The Morgan fingerprint density at radius 3 is 2.65 bits per heavy atom. The second-order valence-electron chi connectivity index (χ2n) is 7.26. The summed E-state index contributed by atoms with van der Waals surface area (Å²) < 4.78 is 31.3. The van der Waals surface area contributed by atoms with E-state index in [9.17, 15) is 13.2 Å². The molecule has 0 atom stereocenters. The zero-order chi connectivity index (χ0) is 22.0. The molecule has 3 aromatic rings. The highest BCUT2D eigenvalue weighted by atomic mass is 79.9. The summed E-state index contributed by atoms with van der Waals surface area (Å²) in [5.74, 6) is -0.180. The van der Waals surface area contributed by atoms with E-state index in [0.29, 0.717) is 47.0 Å². The Morgan fingerprint density at radius 2 is 1.94 bits per heavy atom. The van der Waals surface area contributed by atoms with E-state index in [1.54, 1.807) is 23.1 Å². The Labute approximate surface area is 193 Å². The number of sulfone groups is 1. The van der Waals surface area contributed by atoms with Gasteiger partial charge >= 0.3 is 0 Å². The van der Waals surface area contributed by atoms with E-state index >= 15 is 0 Å². The van der Waals surface area contributed by atoms with Gasteiger partial charge in [-0.25, -0.2) is 13.4 Å². The summed E-state index contributed by atoms with van der Waals surface area (Å²) >= 11 is 4.79. The number of aromatic nitrogens is 1. The van der Waals surface area contributed by atoms with Crippen LogP contribution in [0.5, 0.6) is 0 Å². The summed E-state index contributed by atoms with van der Waals surface area (Å²) in [5, 5.41) is 0.486. The Bertz CT molecular complexity index is 1210. The predicted octanol–water partition coefficient (Wildman–Crippen LogP) is 3.44. The van der Waals surface area contributed by atoms with Crippen molar-refractivity contribution in [1.82, 2.24) is 9.88 Å². The number of hydrogen-bond acceptors (Lipinski definition) is 7. The molecule has 1 saturated heterocycles. The molecule has 10 heteroatoms. The van der Waals surface area contributed by atoms with Crippen LogP contribution >= 0.6 is 27.3 Å². The summed E-state index contributed by atoms with van der Waals surface area (Å²) in [6.07, 6.45) is 1.17. The standard InChI is InChI=1S/C21H22BrN3O4S2/c1-31(27,28)18-8-4-7-17-19(18)23-21(30-17)25(10-9-24-11-13-29-14-12-24)20(26)15-5-2-3-6-16(15)22/h2-8H,9-14H2,1H3. The lowest BCUT2D eigenvalue weighted by atomic mass is 10.2. The minimum Gasteiger partial charge on any atom is -0.379 e. The highest BCUT2D eigenvalue weighted by Crippen LogP contribution is 2.33. The highest BCUT2D eigenvalue weighted by Gasteiger charge is 2.25. The van der Waals surface area contributed by atoms with Crippen molar-refractivity contribution in [1.29, 1.82) is 0 Å². The van der Waals surface area contributed by atoms with Crippen molar-refractivity contribution in [3.8, 4) is 0 Å². The van der Waals surface area contributed by atoms with Gasteiger partial charge < -0.3 is 4.74 Å². The summed E-state index contributed by atoms with van der Waals surface area (Å²) in [5.41, 5.74) is 0.938. The van der Waals surface area contributed by atoms with Crippen molar-refractivity contribution in [2.75, 3.05) is 50.5 Å². The first kappa shape index (κ1) is 22.3. The van der Waals surface area contributed by atoms with E-state index in [2.05, 4.69) is 25.8 Å². The Morgan fingerprint density at radius 1 is 1.19 bits per heavy atom. The van der Waals surface area contributed by atoms with E-state index in [0.717, 1.165) is 17.8 Å². The van der Waals surface area contributed by atoms with Crippen LogP contribution in [0.2, 0.25) is 0 Å². The molecule has 1 fully saturated rings. The van der Waals surface area contributed by atoms with Crippen LogP contribution in [-0.2, 0) is 14.6 Å². The molecule has 31 heavy (non-hydrogen) atoms. The molecule has 1 aromatic heterocycles. The fraction of sp³-hybridized carbons (Fsp3) is 0.333. The van der Waals surface area contributed by atoms with Gasteiger partial charge in [0.1, 0.15) is 5.52 Å². The van der Waals surface area contributed by atoms with Gasteiger partial charge in [0, 0.05) is 36.9 Å². The lowest BCUT2D eigenvalue weighted by Crippen LogP contribution is -2.43. The number of carbonyl (C=O) groups is 1. The van der Waals surface area contributed by atoms with Gasteiger partial charge in [-0.3, -0.25) is 14.6 Å². The Kier molecular flexibility index (Phi) is 6.73. The van der Waals surface area contributed by atoms with Crippen molar-refractivity contribution >= 4 is 58.4 Å². The first-order valence-electron chi connectivity index (χ1n) is 9.81. The van der Waals surface area contributed by atoms with Crippen LogP contribution in [0.25, 0.3) is 10.2 Å². The number of carbonyl (C=O) groups excluding carboxylic acids is 1. The molecular weight excluding hydrogens is 502 g/mol. The SMILES string of the molecule is CS(=O)(=O)c1cccc2sc(N(CCN3CCOCC3)C(=O)c3ccccc3Br)nc12. The lowest BCUT2D eigenvalue weighted by molar-refractivity contribution is 0.0391. The number of fused-ring (bicyclic) bond motifs is 1. The van der Waals surface area contributed by atoms with Gasteiger partial charge in [0.15, 0.2) is 15.0 Å². The molecule has 0 saturated carbocycles. The maximum atomic E-state index is 13.5. The molecule has 4 rings (SSSR count). The van der Waals surface area contributed by atoms with Crippen LogP contribution in [0.4, 0.5) is 5.13 Å². The summed E-state index contributed by atoms with van der Waals surface area (Å²) in [6, 6.07) is 12.3. The van der Waals surface area contributed by atoms with Gasteiger partial charge in [0.2, 0.25) is 0 Å². The van der Waals surface area contributed by atoms with Crippen LogP contribution in [0.1, 0.15) is 10.4 Å². The third-order valence-electron chi connectivity index (χ3n) is 5.09. The summed E-state index contributed by atoms with van der Waals surface area (Å²) in [4.78, 5) is 22.2. The molecule has 1 amide bonds. The quantitative estimate of drug-likeness (QED) is 0.492. The van der Waals surface area contributed by atoms with Crippen LogP contribution < -0.4 is 4.90 Å². The number of ether oxygens (including phenoxy) is 1. The Hall–Kier alpha value is -1.85. The second-order valence-corrected chi connectivity index (χ2v) is 11.1. The molecule has 0 aliphatic carbocycles. The highest BCUT2D eigenvalue weighted by molar-refractivity contribution is 9.10. The molecule has 0 spiro atoms. The minimum atomic E-state index is -3.44. The first-order chi connectivity index (χ1) is 14.8. The number of benzene rings is 2. The largest absolute Gasteiger partial charge is 0.379 e. The normalized spacial score (nSPS) is 15.3. The molecular formula is C21H22BrN3O4S2. The number of thiazole rings is 1. The van der Waals surface area contributed by atoms with Crippen molar-refractivity contribution in [2.24, 2.45) is 0 Å². The van der Waals surface area contributed by atoms with E-state index in [1.165, 1.54) is 17.6 Å². The lowest BCUT2D eigenvalue weighted by Gasteiger charge is -2.29. The van der Waals surface area contributed by atoms with Crippen molar-refractivity contribution < 1.29 is 17.9 Å². The van der Waals surface area contributed by atoms with E-state index in [-0.39, 0.29) is 10.8 Å². The molecule has 2 heterocycles. The molecule has 0 N–H and O–H groups in total. The second kappa shape index (κ2) is 9.33. The van der Waals surface area contributed by atoms with Gasteiger partial charge in [-0.05, 0) is 40.2 Å². The van der Waals surface area contributed by atoms with Crippen LogP contribution in [0, 0.1) is 0 Å². The monoisotopic (exact) mass is 523 g/mol. The molecule has 0 bridgehead atoms. The van der Waals surface area contributed by atoms with Gasteiger partial charge in [-0.15, -0.1) is 0 Å². The van der Waals surface area contributed by atoms with Crippen LogP contribution in [-0.4, -0.2) is 69.9 Å². The summed E-state index contributed by atoms with van der Waals surface area (Å²) in [7, 11) is -3.44. The average molecular weight is 524 g/mol. The van der Waals surface area contributed by atoms with Gasteiger partial charge in [0.05, 0.1) is 28.4 Å². The van der Waals surface area contributed by atoms with Gasteiger partial charge in [-0.2, -0.15) is 0 Å². The predicted molar refractivity (Wildman–Crippen MR) is 126 cm³/mol. The summed E-state index contributed by atoms with van der Waals surface area (Å²) in [6.45, 7) is 4.10. The molecule has 1 aliphatic rings. The number of amides is 1. The number of hydrogen-bond donors (Lipinski definition) is 0. The Balaban J connectivity index is 1.73. The van der Waals surface area contributed by atoms with Crippen LogP contribution in [0.3, 0.4) is 0 Å².